The molecular weight excluding hydrogens is 170 g/mol. The molecule has 0 radical (unpaired) electrons. The summed E-state index contributed by atoms with van der Waals surface area (Å²) in [5, 5.41) is 4.02. The highest BCUT2D eigenvalue weighted by Gasteiger charge is 2.55. The first-order valence-corrected chi connectivity index (χ1v) is 6.40. The lowest BCUT2D eigenvalue weighted by atomic mass is 9.86. The lowest BCUT2D eigenvalue weighted by Crippen LogP contribution is -2.46. The minimum Gasteiger partial charge on any atom is -0.308 e. The van der Waals surface area contributed by atoms with Crippen molar-refractivity contribution in [1.29, 1.82) is 0 Å². The molecule has 3 saturated carbocycles. The fourth-order valence-electron chi connectivity index (χ4n) is 3.38. The standard InChI is InChI=1S/C13H23N/c1-12(2)7-3-4-11(12)14-13(8-9-13)10-5-6-10/h10-11,14H,3-9H2,1-2H3. The molecule has 0 heterocycles. The van der Waals surface area contributed by atoms with Gasteiger partial charge in [0.25, 0.3) is 0 Å². The Bertz CT molecular complexity index is 236. The Balaban J connectivity index is 1.66. The molecule has 1 atom stereocenters. The first-order chi connectivity index (χ1) is 6.62. The summed E-state index contributed by atoms with van der Waals surface area (Å²) < 4.78 is 0. The van der Waals surface area contributed by atoms with E-state index >= 15 is 0 Å². The topological polar surface area (TPSA) is 12.0 Å². The first-order valence-electron chi connectivity index (χ1n) is 6.40. The second-order valence-electron chi connectivity index (χ2n) is 6.51. The van der Waals surface area contributed by atoms with Crippen LogP contribution in [0.3, 0.4) is 0 Å². The van der Waals surface area contributed by atoms with E-state index in [0.717, 1.165) is 12.0 Å². The Kier molecular flexibility index (Phi) is 1.81. The van der Waals surface area contributed by atoms with Gasteiger partial charge in [0, 0.05) is 11.6 Å². The SMILES string of the molecule is CC1(C)CCCC1NC1(C2CC2)CC1. The van der Waals surface area contributed by atoms with Gasteiger partial charge in [-0.05, 0) is 49.9 Å². The van der Waals surface area contributed by atoms with Gasteiger partial charge in [0.05, 0.1) is 0 Å². The van der Waals surface area contributed by atoms with Crippen molar-refractivity contribution < 1.29 is 0 Å². The molecule has 3 aliphatic carbocycles. The van der Waals surface area contributed by atoms with Crippen LogP contribution >= 0.6 is 0 Å². The molecule has 0 aromatic carbocycles. The van der Waals surface area contributed by atoms with E-state index < -0.39 is 0 Å². The average Bonchev–Trinajstić information content (AvgIpc) is 2.97. The van der Waals surface area contributed by atoms with Gasteiger partial charge in [-0.3, -0.25) is 0 Å². The molecule has 0 aromatic rings. The Labute approximate surface area is 87.7 Å². The maximum atomic E-state index is 4.02. The van der Waals surface area contributed by atoms with Gasteiger partial charge in [0.2, 0.25) is 0 Å². The molecule has 0 bridgehead atoms. The van der Waals surface area contributed by atoms with Crippen LogP contribution in [0.25, 0.3) is 0 Å². The van der Waals surface area contributed by atoms with E-state index in [1.54, 1.807) is 0 Å². The Morgan fingerprint density at radius 3 is 2.14 bits per heavy atom. The van der Waals surface area contributed by atoms with E-state index in [9.17, 15) is 0 Å². The van der Waals surface area contributed by atoms with Crippen LogP contribution in [0.15, 0.2) is 0 Å². The van der Waals surface area contributed by atoms with Gasteiger partial charge in [0.1, 0.15) is 0 Å². The summed E-state index contributed by atoms with van der Waals surface area (Å²) >= 11 is 0. The van der Waals surface area contributed by atoms with Gasteiger partial charge in [-0.15, -0.1) is 0 Å². The largest absolute Gasteiger partial charge is 0.308 e. The van der Waals surface area contributed by atoms with Crippen LogP contribution in [0.4, 0.5) is 0 Å². The van der Waals surface area contributed by atoms with Crippen molar-refractivity contribution >= 4 is 0 Å². The van der Waals surface area contributed by atoms with Crippen LogP contribution in [0.2, 0.25) is 0 Å². The third-order valence-corrected chi connectivity index (χ3v) is 4.87. The van der Waals surface area contributed by atoms with Gasteiger partial charge < -0.3 is 5.32 Å². The molecule has 3 rings (SSSR count). The minimum absolute atomic E-state index is 0.560. The van der Waals surface area contributed by atoms with Crippen molar-refractivity contribution in [3.8, 4) is 0 Å². The Hall–Kier alpha value is -0.0400. The summed E-state index contributed by atoms with van der Waals surface area (Å²) in [6.07, 6.45) is 10.2. The Morgan fingerprint density at radius 1 is 1.00 bits per heavy atom. The second-order valence-corrected chi connectivity index (χ2v) is 6.51. The van der Waals surface area contributed by atoms with Gasteiger partial charge in [0.15, 0.2) is 0 Å². The van der Waals surface area contributed by atoms with E-state index in [4.69, 9.17) is 0 Å². The molecule has 3 aliphatic rings. The van der Waals surface area contributed by atoms with E-state index in [1.165, 1.54) is 44.9 Å². The molecular formula is C13H23N. The molecule has 0 saturated heterocycles. The molecule has 80 valence electrons. The number of rotatable bonds is 3. The first kappa shape index (κ1) is 9.21. The molecule has 0 aromatic heterocycles. The van der Waals surface area contributed by atoms with Gasteiger partial charge >= 0.3 is 0 Å². The van der Waals surface area contributed by atoms with E-state index in [0.29, 0.717) is 11.0 Å². The molecule has 14 heavy (non-hydrogen) atoms. The van der Waals surface area contributed by atoms with Crippen molar-refractivity contribution in [2.75, 3.05) is 0 Å². The van der Waals surface area contributed by atoms with Crippen LogP contribution in [-0.2, 0) is 0 Å². The van der Waals surface area contributed by atoms with Crippen molar-refractivity contribution in [2.45, 2.75) is 70.4 Å². The number of hydrogen-bond acceptors (Lipinski definition) is 1. The van der Waals surface area contributed by atoms with Gasteiger partial charge in [-0.1, -0.05) is 20.3 Å². The Morgan fingerprint density at radius 2 is 1.71 bits per heavy atom. The summed E-state index contributed by atoms with van der Waals surface area (Å²) in [6.45, 7) is 4.89. The monoisotopic (exact) mass is 193 g/mol. The quantitative estimate of drug-likeness (QED) is 0.726. The highest BCUT2D eigenvalue weighted by molar-refractivity contribution is 5.13. The lowest BCUT2D eigenvalue weighted by molar-refractivity contribution is 0.243. The maximum absolute atomic E-state index is 4.02. The molecule has 1 N–H and O–H groups in total. The van der Waals surface area contributed by atoms with Crippen molar-refractivity contribution in [1.82, 2.24) is 5.32 Å². The lowest BCUT2D eigenvalue weighted by Gasteiger charge is -2.32. The molecule has 3 fully saturated rings. The molecule has 1 heteroatoms. The highest BCUT2D eigenvalue weighted by atomic mass is 15.1. The fraction of sp³-hybridized carbons (Fsp3) is 1.00. The van der Waals surface area contributed by atoms with Gasteiger partial charge in [-0.2, -0.15) is 0 Å². The van der Waals surface area contributed by atoms with Crippen LogP contribution in [0.1, 0.15) is 58.8 Å². The van der Waals surface area contributed by atoms with E-state index in [1.807, 2.05) is 0 Å². The predicted molar refractivity (Wildman–Crippen MR) is 59.2 cm³/mol. The van der Waals surface area contributed by atoms with Crippen LogP contribution in [0, 0.1) is 11.3 Å². The summed E-state index contributed by atoms with van der Waals surface area (Å²) in [7, 11) is 0. The van der Waals surface area contributed by atoms with Crippen LogP contribution < -0.4 is 5.32 Å². The summed E-state index contributed by atoms with van der Waals surface area (Å²) in [6, 6.07) is 0.811. The zero-order valence-electron chi connectivity index (χ0n) is 9.60. The van der Waals surface area contributed by atoms with E-state index in [2.05, 4.69) is 19.2 Å². The van der Waals surface area contributed by atoms with Crippen LogP contribution in [0.5, 0.6) is 0 Å². The maximum Gasteiger partial charge on any atom is 0.0213 e. The van der Waals surface area contributed by atoms with Crippen molar-refractivity contribution in [3.05, 3.63) is 0 Å². The fourth-order valence-corrected chi connectivity index (χ4v) is 3.38. The highest BCUT2D eigenvalue weighted by Crippen LogP contribution is 2.55. The predicted octanol–water partition coefficient (Wildman–Crippen LogP) is 3.10. The normalized spacial score (nSPS) is 38.6. The molecule has 1 unspecified atom stereocenters. The molecule has 0 spiro atoms. The zero-order chi connectivity index (χ0) is 9.81. The smallest absolute Gasteiger partial charge is 0.0213 e. The average molecular weight is 193 g/mol. The number of nitrogens with one attached hydrogen (secondary N) is 1. The molecule has 0 aliphatic heterocycles. The minimum atomic E-state index is 0.560. The molecule has 1 nitrogen and oxygen atoms in total. The summed E-state index contributed by atoms with van der Waals surface area (Å²) in [4.78, 5) is 0. The summed E-state index contributed by atoms with van der Waals surface area (Å²) in [5.41, 5.74) is 1.19. The zero-order valence-corrected chi connectivity index (χ0v) is 9.60. The third kappa shape index (κ3) is 1.41. The van der Waals surface area contributed by atoms with E-state index in [-0.39, 0.29) is 0 Å². The second kappa shape index (κ2) is 2.75. The van der Waals surface area contributed by atoms with Crippen LogP contribution in [-0.4, -0.2) is 11.6 Å². The molecule has 0 amide bonds. The van der Waals surface area contributed by atoms with Gasteiger partial charge in [-0.25, -0.2) is 0 Å². The van der Waals surface area contributed by atoms with Crippen molar-refractivity contribution in [3.63, 3.8) is 0 Å². The number of hydrogen-bond donors (Lipinski definition) is 1. The van der Waals surface area contributed by atoms with Crippen molar-refractivity contribution in [2.24, 2.45) is 11.3 Å². The summed E-state index contributed by atoms with van der Waals surface area (Å²) in [5.74, 6) is 1.05. The third-order valence-electron chi connectivity index (χ3n) is 4.87.